The van der Waals surface area contributed by atoms with Crippen LogP contribution in [0, 0.1) is 5.41 Å². The molecular weight excluding hydrogens is 378 g/mol. The molecule has 7 nitrogen and oxygen atoms in total. The maximum atomic E-state index is 14.1. The van der Waals surface area contributed by atoms with Crippen molar-refractivity contribution in [2.75, 3.05) is 45.2 Å². The zero-order chi connectivity index (χ0) is 20.2. The minimum Gasteiger partial charge on any atom is -0.463 e. The molecule has 1 aromatic heterocycles. The summed E-state index contributed by atoms with van der Waals surface area (Å²) in [6.45, 7) is 2.49. The van der Waals surface area contributed by atoms with Crippen molar-refractivity contribution in [3.8, 4) is 6.01 Å². The molecule has 0 aromatic carbocycles. The number of hydrogen-bond acceptors (Lipinski definition) is 7. The molecule has 0 amide bonds. The highest BCUT2D eigenvalue weighted by Gasteiger charge is 2.71. The Morgan fingerprint density at radius 2 is 1.97 bits per heavy atom. The first-order valence-electron chi connectivity index (χ1n) is 10.4. The van der Waals surface area contributed by atoms with Crippen LogP contribution in [0.5, 0.6) is 6.01 Å². The number of anilines is 1. The Morgan fingerprint density at radius 3 is 2.62 bits per heavy atom. The van der Waals surface area contributed by atoms with E-state index in [1.807, 2.05) is 6.21 Å². The molecule has 9 heteroatoms. The molecule has 5 rings (SSSR count). The Labute approximate surface area is 169 Å². The number of fused-ring (bicyclic) bond motifs is 3. The maximum Gasteiger partial charge on any atom is 0.318 e. The number of piperazine rings is 1. The molecule has 4 heterocycles. The fourth-order valence-electron chi connectivity index (χ4n) is 5.00. The van der Waals surface area contributed by atoms with Gasteiger partial charge in [-0.3, -0.25) is 4.99 Å². The van der Waals surface area contributed by atoms with Crippen molar-refractivity contribution in [2.45, 2.75) is 50.2 Å². The van der Waals surface area contributed by atoms with E-state index in [0.29, 0.717) is 25.0 Å². The standard InChI is InChI=1S/C20H28F2N6O/c1-27(2)11-19(10-20(19,21)22)12-29-18-25-16-7-23-6-5-15(16)17(26-18)28-8-13-3-4-14(9-28)24-13/h6,13-14,24H,3-5,7-12H2,1-2H3. The SMILES string of the molecule is CN(C)CC1(COc2nc3c(c(N4CC5CCC(C4)N5)n2)CC=NC3)CC1(F)F. The van der Waals surface area contributed by atoms with E-state index in [0.717, 1.165) is 30.2 Å². The van der Waals surface area contributed by atoms with Crippen LogP contribution in [-0.4, -0.2) is 79.4 Å². The second kappa shape index (κ2) is 6.84. The highest BCUT2D eigenvalue weighted by atomic mass is 19.3. The van der Waals surface area contributed by atoms with Gasteiger partial charge < -0.3 is 19.9 Å². The molecule has 4 aliphatic rings. The highest BCUT2D eigenvalue weighted by Crippen LogP contribution is 2.60. The lowest BCUT2D eigenvalue weighted by molar-refractivity contribution is 0.0287. The minimum atomic E-state index is -2.70. The third-order valence-corrected chi connectivity index (χ3v) is 6.54. The quantitative estimate of drug-likeness (QED) is 0.773. The van der Waals surface area contributed by atoms with Crippen LogP contribution in [0.25, 0.3) is 0 Å². The van der Waals surface area contributed by atoms with E-state index in [1.165, 1.54) is 12.8 Å². The van der Waals surface area contributed by atoms with Gasteiger partial charge in [0.05, 0.1) is 17.7 Å². The summed E-state index contributed by atoms with van der Waals surface area (Å²) in [7, 11) is 3.61. The van der Waals surface area contributed by atoms with Gasteiger partial charge in [-0.2, -0.15) is 9.97 Å². The van der Waals surface area contributed by atoms with Gasteiger partial charge in [-0.15, -0.1) is 0 Å². The first kappa shape index (κ1) is 19.1. The summed E-state index contributed by atoms with van der Waals surface area (Å²) in [5.74, 6) is -1.81. The molecule has 3 fully saturated rings. The van der Waals surface area contributed by atoms with Gasteiger partial charge in [0.15, 0.2) is 0 Å². The predicted octanol–water partition coefficient (Wildman–Crippen LogP) is 1.51. The molecule has 2 bridgehead atoms. The van der Waals surface area contributed by atoms with Gasteiger partial charge in [0.25, 0.3) is 5.92 Å². The third kappa shape index (κ3) is 3.48. The van der Waals surface area contributed by atoms with Gasteiger partial charge in [-0.25, -0.2) is 8.78 Å². The van der Waals surface area contributed by atoms with Gasteiger partial charge >= 0.3 is 6.01 Å². The van der Waals surface area contributed by atoms with Crippen molar-refractivity contribution in [3.63, 3.8) is 0 Å². The fraction of sp³-hybridized carbons (Fsp3) is 0.750. The topological polar surface area (TPSA) is 65.9 Å². The highest BCUT2D eigenvalue weighted by molar-refractivity contribution is 5.69. The van der Waals surface area contributed by atoms with Gasteiger partial charge in [0, 0.05) is 56.3 Å². The van der Waals surface area contributed by atoms with Crippen LogP contribution >= 0.6 is 0 Å². The van der Waals surface area contributed by atoms with E-state index in [1.54, 1.807) is 19.0 Å². The Kier molecular flexibility index (Phi) is 4.51. The summed E-state index contributed by atoms with van der Waals surface area (Å²) in [5.41, 5.74) is 0.790. The monoisotopic (exact) mass is 406 g/mol. The van der Waals surface area contributed by atoms with Crippen molar-refractivity contribution >= 4 is 12.0 Å². The number of aliphatic imine (C=N–C) groups is 1. The Morgan fingerprint density at radius 1 is 1.24 bits per heavy atom. The van der Waals surface area contributed by atoms with Gasteiger partial charge in [0.2, 0.25) is 0 Å². The molecular formula is C20H28F2N6O. The van der Waals surface area contributed by atoms with Crippen molar-refractivity contribution in [1.29, 1.82) is 0 Å². The second-order valence-electron chi connectivity index (χ2n) is 9.21. The Hall–Kier alpha value is -1.87. The number of hydrogen-bond donors (Lipinski definition) is 1. The van der Waals surface area contributed by atoms with Gasteiger partial charge in [-0.1, -0.05) is 0 Å². The second-order valence-corrected chi connectivity index (χ2v) is 9.21. The minimum absolute atomic E-state index is 0.0769. The van der Waals surface area contributed by atoms with E-state index < -0.39 is 11.3 Å². The zero-order valence-electron chi connectivity index (χ0n) is 17.0. The van der Waals surface area contributed by atoms with Crippen LogP contribution in [0.4, 0.5) is 14.6 Å². The fourth-order valence-corrected chi connectivity index (χ4v) is 5.00. The summed E-state index contributed by atoms with van der Waals surface area (Å²) in [4.78, 5) is 17.7. The first-order chi connectivity index (χ1) is 13.9. The molecule has 3 aliphatic heterocycles. The Balaban J connectivity index is 1.40. The van der Waals surface area contributed by atoms with Crippen LogP contribution in [0.1, 0.15) is 30.5 Å². The van der Waals surface area contributed by atoms with Crippen molar-refractivity contribution in [1.82, 2.24) is 20.2 Å². The number of nitrogens with zero attached hydrogens (tertiary/aromatic N) is 5. The molecule has 158 valence electrons. The van der Waals surface area contributed by atoms with E-state index in [-0.39, 0.29) is 25.6 Å². The average molecular weight is 406 g/mol. The van der Waals surface area contributed by atoms with Crippen LogP contribution in [0.3, 0.4) is 0 Å². The van der Waals surface area contributed by atoms with Crippen LogP contribution in [0.15, 0.2) is 4.99 Å². The number of rotatable bonds is 6. The van der Waals surface area contributed by atoms with Crippen LogP contribution in [-0.2, 0) is 13.0 Å². The molecule has 3 atom stereocenters. The molecule has 0 radical (unpaired) electrons. The molecule has 3 unspecified atom stereocenters. The summed E-state index contributed by atoms with van der Waals surface area (Å²) in [6, 6.07) is 1.16. The maximum absolute atomic E-state index is 14.1. The van der Waals surface area contributed by atoms with Crippen molar-refractivity contribution in [3.05, 3.63) is 11.3 Å². The van der Waals surface area contributed by atoms with E-state index in [9.17, 15) is 8.78 Å². The van der Waals surface area contributed by atoms with E-state index >= 15 is 0 Å². The number of aromatic nitrogens is 2. The Bertz CT molecular complexity index is 819. The molecule has 1 aliphatic carbocycles. The van der Waals surface area contributed by atoms with Gasteiger partial charge in [0.1, 0.15) is 12.4 Å². The molecule has 1 aromatic rings. The van der Waals surface area contributed by atoms with E-state index in [2.05, 4.69) is 20.2 Å². The van der Waals surface area contributed by atoms with Crippen LogP contribution < -0.4 is 15.0 Å². The van der Waals surface area contributed by atoms with Crippen LogP contribution in [0.2, 0.25) is 0 Å². The lowest BCUT2D eigenvalue weighted by Crippen LogP contribution is -2.51. The normalized spacial score (nSPS) is 31.8. The predicted molar refractivity (Wildman–Crippen MR) is 106 cm³/mol. The summed E-state index contributed by atoms with van der Waals surface area (Å²) >= 11 is 0. The lowest BCUT2D eigenvalue weighted by Gasteiger charge is -2.35. The number of alkyl halides is 2. The number of nitrogens with one attached hydrogen (secondary N) is 1. The zero-order valence-corrected chi connectivity index (χ0v) is 17.0. The smallest absolute Gasteiger partial charge is 0.318 e. The molecule has 29 heavy (non-hydrogen) atoms. The largest absolute Gasteiger partial charge is 0.463 e. The molecule has 1 N–H and O–H groups in total. The molecule has 1 saturated carbocycles. The lowest BCUT2D eigenvalue weighted by atomic mass is 10.1. The van der Waals surface area contributed by atoms with E-state index in [4.69, 9.17) is 9.72 Å². The third-order valence-electron chi connectivity index (χ3n) is 6.54. The first-order valence-corrected chi connectivity index (χ1v) is 10.4. The number of halogens is 2. The summed E-state index contributed by atoms with van der Waals surface area (Å²) in [5, 5.41) is 3.63. The molecule has 0 spiro atoms. The van der Waals surface area contributed by atoms with Crippen molar-refractivity contribution < 1.29 is 13.5 Å². The van der Waals surface area contributed by atoms with Gasteiger partial charge in [-0.05, 0) is 26.9 Å². The molecule has 2 saturated heterocycles. The van der Waals surface area contributed by atoms with Crippen molar-refractivity contribution in [2.24, 2.45) is 10.4 Å². The average Bonchev–Trinajstić information content (AvgIpc) is 3.04. The number of ether oxygens (including phenoxy) is 1. The summed E-state index contributed by atoms with van der Waals surface area (Å²) < 4.78 is 34.0. The summed E-state index contributed by atoms with van der Waals surface area (Å²) in [6.07, 6.45) is 4.82.